The molecular weight excluding hydrogens is 314 g/mol. The van der Waals surface area contributed by atoms with Crippen LogP contribution >= 0.6 is 0 Å². The maximum absolute atomic E-state index is 13.5. The van der Waals surface area contributed by atoms with Gasteiger partial charge in [-0.2, -0.15) is 0 Å². The minimum absolute atomic E-state index is 0.225. The predicted molar refractivity (Wildman–Crippen MR) is 86.1 cm³/mol. The van der Waals surface area contributed by atoms with E-state index in [0.29, 0.717) is 11.4 Å². The van der Waals surface area contributed by atoms with E-state index < -0.39 is 17.5 Å². The van der Waals surface area contributed by atoms with E-state index in [1.165, 1.54) is 36.4 Å². The summed E-state index contributed by atoms with van der Waals surface area (Å²) in [6.45, 7) is 0. The number of rotatable bonds is 4. The highest BCUT2D eigenvalue weighted by Gasteiger charge is 2.08. The van der Waals surface area contributed by atoms with Crippen LogP contribution in [-0.2, 0) is 0 Å². The van der Waals surface area contributed by atoms with Gasteiger partial charge in [0.25, 0.3) is 5.91 Å². The standard InChI is InChI=1S/C17H12F2N4O/c18-12-7-5-11(6-8-12)17(24)21-16-10-9-15(22-23-16)20-14-4-2-1-3-13(14)19/h1-10H,(H,20,22)(H,21,23,24). The normalized spacial score (nSPS) is 10.2. The number of benzene rings is 2. The Hall–Kier alpha value is -3.35. The van der Waals surface area contributed by atoms with Crippen LogP contribution in [0, 0.1) is 11.6 Å². The summed E-state index contributed by atoms with van der Waals surface area (Å²) in [5.74, 6) is -0.703. The van der Waals surface area contributed by atoms with Gasteiger partial charge in [-0.1, -0.05) is 12.1 Å². The van der Waals surface area contributed by atoms with E-state index in [-0.39, 0.29) is 11.5 Å². The fraction of sp³-hybridized carbons (Fsp3) is 0. The second kappa shape index (κ2) is 6.82. The lowest BCUT2D eigenvalue weighted by Crippen LogP contribution is -2.13. The fourth-order valence-electron chi connectivity index (χ4n) is 1.96. The number of amides is 1. The molecule has 0 saturated carbocycles. The lowest BCUT2D eigenvalue weighted by molar-refractivity contribution is 0.102. The number of carbonyl (C=O) groups excluding carboxylic acids is 1. The first-order valence-corrected chi connectivity index (χ1v) is 7.04. The molecule has 2 N–H and O–H groups in total. The number of hydrogen-bond acceptors (Lipinski definition) is 4. The van der Waals surface area contributed by atoms with Crippen LogP contribution in [0.3, 0.4) is 0 Å². The number of nitrogens with zero attached hydrogens (tertiary/aromatic N) is 2. The van der Waals surface area contributed by atoms with Gasteiger partial charge in [-0.3, -0.25) is 4.79 Å². The van der Waals surface area contributed by atoms with Gasteiger partial charge in [0, 0.05) is 5.56 Å². The molecule has 0 unspecified atom stereocenters. The summed E-state index contributed by atoms with van der Waals surface area (Å²) in [7, 11) is 0. The smallest absolute Gasteiger partial charge is 0.256 e. The van der Waals surface area contributed by atoms with E-state index in [9.17, 15) is 13.6 Å². The average Bonchev–Trinajstić information content (AvgIpc) is 2.59. The van der Waals surface area contributed by atoms with E-state index >= 15 is 0 Å². The Morgan fingerprint density at radius 1 is 0.833 bits per heavy atom. The van der Waals surface area contributed by atoms with E-state index in [4.69, 9.17) is 0 Å². The highest BCUT2D eigenvalue weighted by Crippen LogP contribution is 2.18. The van der Waals surface area contributed by atoms with Crippen LogP contribution in [0.5, 0.6) is 0 Å². The van der Waals surface area contributed by atoms with Crippen molar-refractivity contribution in [3.05, 3.63) is 77.9 Å². The molecule has 0 saturated heterocycles. The molecule has 0 aliphatic rings. The lowest BCUT2D eigenvalue weighted by atomic mass is 10.2. The van der Waals surface area contributed by atoms with Gasteiger partial charge >= 0.3 is 0 Å². The van der Waals surface area contributed by atoms with Gasteiger partial charge < -0.3 is 10.6 Å². The molecule has 120 valence electrons. The molecule has 3 rings (SSSR count). The maximum Gasteiger partial charge on any atom is 0.256 e. The van der Waals surface area contributed by atoms with Gasteiger partial charge in [0.1, 0.15) is 11.6 Å². The molecule has 3 aromatic rings. The molecule has 1 aromatic heterocycles. The molecule has 7 heteroatoms. The Labute approximate surface area is 136 Å². The van der Waals surface area contributed by atoms with Crippen molar-refractivity contribution in [1.82, 2.24) is 10.2 Å². The van der Waals surface area contributed by atoms with Crippen LogP contribution in [0.1, 0.15) is 10.4 Å². The number of halogens is 2. The zero-order chi connectivity index (χ0) is 16.9. The van der Waals surface area contributed by atoms with Crippen LogP contribution in [0.4, 0.5) is 26.1 Å². The molecule has 1 heterocycles. The van der Waals surface area contributed by atoms with Gasteiger partial charge in [-0.05, 0) is 48.5 Å². The van der Waals surface area contributed by atoms with Crippen LogP contribution in [0.25, 0.3) is 0 Å². The van der Waals surface area contributed by atoms with E-state index in [1.807, 2.05) is 0 Å². The van der Waals surface area contributed by atoms with Crippen LogP contribution in [0.2, 0.25) is 0 Å². The SMILES string of the molecule is O=C(Nc1ccc(Nc2ccccc2F)nn1)c1ccc(F)cc1. The predicted octanol–water partition coefficient (Wildman–Crippen LogP) is 3.75. The third-order valence-electron chi connectivity index (χ3n) is 3.15. The van der Waals surface area contributed by atoms with Gasteiger partial charge in [-0.25, -0.2) is 8.78 Å². The van der Waals surface area contributed by atoms with E-state index in [1.54, 1.807) is 24.3 Å². The van der Waals surface area contributed by atoms with E-state index in [2.05, 4.69) is 20.8 Å². The van der Waals surface area contributed by atoms with Crippen molar-refractivity contribution in [1.29, 1.82) is 0 Å². The Bertz CT molecular complexity index is 851. The molecule has 0 aliphatic carbocycles. The van der Waals surface area contributed by atoms with Gasteiger partial charge in [0.05, 0.1) is 5.69 Å². The number of hydrogen-bond donors (Lipinski definition) is 2. The second-order valence-corrected chi connectivity index (χ2v) is 4.87. The van der Waals surface area contributed by atoms with Gasteiger partial charge in [-0.15, -0.1) is 10.2 Å². The Morgan fingerprint density at radius 2 is 1.50 bits per heavy atom. The lowest BCUT2D eigenvalue weighted by Gasteiger charge is -2.07. The maximum atomic E-state index is 13.5. The number of aromatic nitrogens is 2. The fourth-order valence-corrected chi connectivity index (χ4v) is 1.96. The summed E-state index contributed by atoms with van der Waals surface area (Å²) in [6.07, 6.45) is 0. The number of carbonyl (C=O) groups is 1. The third kappa shape index (κ3) is 3.70. The topological polar surface area (TPSA) is 66.9 Å². The molecule has 1 amide bonds. The summed E-state index contributed by atoms with van der Waals surface area (Å²) < 4.78 is 26.4. The van der Waals surface area contributed by atoms with Crippen LogP contribution in [0.15, 0.2) is 60.7 Å². The molecule has 0 radical (unpaired) electrons. The van der Waals surface area contributed by atoms with Crippen molar-refractivity contribution < 1.29 is 13.6 Å². The molecule has 0 atom stereocenters. The summed E-state index contributed by atoms with van der Waals surface area (Å²) in [5.41, 5.74) is 0.571. The largest absolute Gasteiger partial charge is 0.336 e. The van der Waals surface area contributed by atoms with Crippen molar-refractivity contribution in [3.8, 4) is 0 Å². The summed E-state index contributed by atoms with van der Waals surface area (Å²) in [6, 6.07) is 14.4. The van der Waals surface area contributed by atoms with Gasteiger partial charge in [0.15, 0.2) is 11.6 Å². The van der Waals surface area contributed by atoms with Crippen molar-refractivity contribution in [2.45, 2.75) is 0 Å². The molecule has 5 nitrogen and oxygen atoms in total. The number of nitrogens with one attached hydrogen (secondary N) is 2. The molecule has 0 fully saturated rings. The quantitative estimate of drug-likeness (QED) is 0.766. The number of anilines is 3. The average molecular weight is 326 g/mol. The van der Waals surface area contributed by atoms with Crippen molar-refractivity contribution >= 4 is 23.2 Å². The molecule has 24 heavy (non-hydrogen) atoms. The summed E-state index contributed by atoms with van der Waals surface area (Å²) >= 11 is 0. The van der Waals surface area contributed by atoms with Crippen molar-refractivity contribution in [2.75, 3.05) is 10.6 Å². The van der Waals surface area contributed by atoms with Gasteiger partial charge in [0.2, 0.25) is 0 Å². The zero-order valence-electron chi connectivity index (χ0n) is 12.3. The van der Waals surface area contributed by atoms with Crippen molar-refractivity contribution in [3.63, 3.8) is 0 Å². The first-order valence-electron chi connectivity index (χ1n) is 7.04. The Kier molecular flexibility index (Phi) is 4.42. The second-order valence-electron chi connectivity index (χ2n) is 4.87. The minimum atomic E-state index is -0.431. The first-order chi connectivity index (χ1) is 11.6. The molecular formula is C17H12F2N4O. The van der Waals surface area contributed by atoms with Crippen LogP contribution < -0.4 is 10.6 Å². The Balaban J connectivity index is 1.67. The zero-order valence-corrected chi connectivity index (χ0v) is 12.3. The monoisotopic (exact) mass is 326 g/mol. The first kappa shape index (κ1) is 15.5. The van der Waals surface area contributed by atoms with Crippen LogP contribution in [-0.4, -0.2) is 16.1 Å². The molecule has 0 aliphatic heterocycles. The van der Waals surface area contributed by atoms with E-state index in [0.717, 1.165) is 0 Å². The molecule has 2 aromatic carbocycles. The Morgan fingerprint density at radius 3 is 2.17 bits per heavy atom. The summed E-state index contributed by atoms with van der Waals surface area (Å²) in [4.78, 5) is 12.0. The third-order valence-corrected chi connectivity index (χ3v) is 3.15. The summed E-state index contributed by atoms with van der Waals surface area (Å²) in [5, 5.41) is 13.1. The van der Waals surface area contributed by atoms with Crippen molar-refractivity contribution in [2.24, 2.45) is 0 Å². The highest BCUT2D eigenvalue weighted by molar-refractivity contribution is 6.03. The molecule has 0 bridgehead atoms. The highest BCUT2D eigenvalue weighted by atomic mass is 19.1. The number of para-hydroxylation sites is 1. The minimum Gasteiger partial charge on any atom is -0.336 e. The molecule has 0 spiro atoms.